The molecule has 0 bridgehead atoms. The van der Waals surface area contributed by atoms with E-state index in [2.05, 4.69) is 22.3 Å². The van der Waals surface area contributed by atoms with Gasteiger partial charge in [0.2, 0.25) is 5.91 Å². The molecule has 0 atom stereocenters. The smallest absolute Gasteiger partial charge is 0.341 e. The summed E-state index contributed by atoms with van der Waals surface area (Å²) < 4.78 is 5.30. The lowest BCUT2D eigenvalue weighted by Crippen LogP contribution is -2.32. The Morgan fingerprint density at radius 1 is 1.14 bits per heavy atom. The van der Waals surface area contributed by atoms with E-state index < -0.39 is 0 Å². The maximum atomic E-state index is 12.8. The van der Waals surface area contributed by atoms with Crippen LogP contribution in [0.4, 0.5) is 10.7 Å². The Bertz CT molecular complexity index is 890. The number of ether oxygens (including phenoxy) is 1. The summed E-state index contributed by atoms with van der Waals surface area (Å²) in [7, 11) is 0. The maximum Gasteiger partial charge on any atom is 0.341 e. The normalized spacial score (nSPS) is 15.5. The number of amides is 1. The Morgan fingerprint density at radius 2 is 1.96 bits per heavy atom. The molecule has 0 saturated carbocycles. The minimum Gasteiger partial charge on any atom is -0.462 e. The first-order chi connectivity index (χ1) is 13.7. The summed E-state index contributed by atoms with van der Waals surface area (Å²) in [5.41, 5.74) is 4.08. The largest absolute Gasteiger partial charge is 0.462 e. The van der Waals surface area contributed by atoms with Gasteiger partial charge in [0.1, 0.15) is 5.00 Å². The van der Waals surface area contributed by atoms with Crippen molar-refractivity contribution >= 4 is 33.9 Å². The van der Waals surface area contributed by atoms with E-state index in [1.54, 1.807) is 11.3 Å². The van der Waals surface area contributed by atoms with Gasteiger partial charge in [-0.05, 0) is 56.2 Å². The Morgan fingerprint density at radius 3 is 2.82 bits per heavy atom. The van der Waals surface area contributed by atoms with E-state index >= 15 is 0 Å². The molecule has 1 aromatic heterocycles. The second-order valence-corrected chi connectivity index (χ2v) is 8.44. The van der Waals surface area contributed by atoms with Gasteiger partial charge in [-0.3, -0.25) is 4.79 Å². The first-order valence-electron chi connectivity index (χ1n) is 10.1. The summed E-state index contributed by atoms with van der Waals surface area (Å²) >= 11 is 1.55. The van der Waals surface area contributed by atoms with Crippen LogP contribution in [-0.2, 0) is 28.8 Å². The van der Waals surface area contributed by atoms with Crippen LogP contribution in [0.3, 0.4) is 0 Å². The Balaban J connectivity index is 1.54. The number of rotatable bonds is 5. The van der Waals surface area contributed by atoms with Crippen LogP contribution in [-0.4, -0.2) is 31.6 Å². The highest BCUT2D eigenvalue weighted by molar-refractivity contribution is 7.17. The molecule has 148 valence electrons. The molecule has 2 heterocycles. The molecule has 0 saturated heterocycles. The number of fused-ring (bicyclic) bond motifs is 2. The lowest BCUT2D eigenvalue weighted by molar-refractivity contribution is -0.114. The van der Waals surface area contributed by atoms with Gasteiger partial charge in [0, 0.05) is 17.1 Å². The highest BCUT2D eigenvalue weighted by Crippen LogP contribution is 2.38. The summed E-state index contributed by atoms with van der Waals surface area (Å²) in [6.07, 6.45) is 6.21. The average molecular weight is 399 g/mol. The Kier molecular flexibility index (Phi) is 5.67. The molecule has 2 aromatic rings. The Hall–Kier alpha value is -2.34. The number of thiophene rings is 1. The van der Waals surface area contributed by atoms with Crippen molar-refractivity contribution in [3.05, 3.63) is 45.8 Å². The minimum absolute atomic E-state index is 0.0846. The van der Waals surface area contributed by atoms with Gasteiger partial charge in [-0.2, -0.15) is 0 Å². The molecule has 28 heavy (non-hydrogen) atoms. The van der Waals surface area contributed by atoms with Crippen molar-refractivity contribution in [2.24, 2.45) is 0 Å². The number of carbonyl (C=O) groups excluding carboxylic acids is 2. The van der Waals surface area contributed by atoms with Crippen molar-refractivity contribution in [1.82, 2.24) is 0 Å². The van der Waals surface area contributed by atoms with E-state index in [1.807, 2.05) is 19.1 Å². The molecular formula is C22H26N2O3S. The molecule has 1 aromatic carbocycles. The highest BCUT2D eigenvalue weighted by atomic mass is 32.1. The van der Waals surface area contributed by atoms with E-state index in [-0.39, 0.29) is 11.9 Å². The molecule has 4 rings (SSSR count). The number of carbonyl (C=O) groups is 2. The zero-order valence-corrected chi connectivity index (χ0v) is 17.1. The van der Waals surface area contributed by atoms with Gasteiger partial charge in [0.25, 0.3) is 0 Å². The minimum atomic E-state index is -0.316. The van der Waals surface area contributed by atoms with Crippen molar-refractivity contribution in [2.45, 2.75) is 45.4 Å². The van der Waals surface area contributed by atoms with Crippen molar-refractivity contribution < 1.29 is 14.3 Å². The lowest BCUT2D eigenvalue weighted by atomic mass is 10.1. The van der Waals surface area contributed by atoms with E-state index in [1.165, 1.54) is 16.9 Å². The van der Waals surface area contributed by atoms with Crippen LogP contribution in [0.2, 0.25) is 0 Å². The third-order valence-electron chi connectivity index (χ3n) is 5.47. The van der Waals surface area contributed by atoms with Crippen LogP contribution in [0, 0.1) is 0 Å². The van der Waals surface area contributed by atoms with Gasteiger partial charge in [-0.25, -0.2) is 4.79 Å². The summed E-state index contributed by atoms with van der Waals surface area (Å²) in [6, 6.07) is 8.21. The molecule has 0 fully saturated rings. The summed E-state index contributed by atoms with van der Waals surface area (Å²) in [6.45, 7) is 3.29. The van der Waals surface area contributed by atoms with Crippen LogP contribution < -0.4 is 10.2 Å². The maximum absolute atomic E-state index is 12.8. The predicted molar refractivity (Wildman–Crippen MR) is 113 cm³/mol. The SMILES string of the molecule is CCOC(=O)c1c(NC(=O)CN2CCc3ccccc32)sc2c1CCCCC2. The molecule has 0 radical (unpaired) electrons. The molecule has 2 aliphatic rings. The summed E-state index contributed by atoms with van der Waals surface area (Å²) in [4.78, 5) is 28.7. The average Bonchev–Trinajstić information content (AvgIpc) is 3.15. The molecule has 1 amide bonds. The molecule has 0 spiro atoms. The van der Waals surface area contributed by atoms with Gasteiger partial charge in [-0.15, -0.1) is 11.3 Å². The zero-order valence-electron chi connectivity index (χ0n) is 16.3. The molecule has 0 unspecified atom stereocenters. The van der Waals surface area contributed by atoms with Crippen LogP contribution in [0.25, 0.3) is 0 Å². The second kappa shape index (κ2) is 8.35. The van der Waals surface area contributed by atoms with Gasteiger partial charge in [0.05, 0.1) is 18.7 Å². The van der Waals surface area contributed by atoms with Gasteiger partial charge in [-0.1, -0.05) is 24.6 Å². The number of hydrogen-bond donors (Lipinski definition) is 1. The van der Waals surface area contributed by atoms with Gasteiger partial charge >= 0.3 is 5.97 Å². The van der Waals surface area contributed by atoms with E-state index in [0.29, 0.717) is 23.7 Å². The quantitative estimate of drug-likeness (QED) is 0.606. The summed E-state index contributed by atoms with van der Waals surface area (Å²) in [5.74, 6) is -0.401. The molecular weight excluding hydrogens is 372 g/mol. The first-order valence-corrected chi connectivity index (χ1v) is 10.9. The third-order valence-corrected chi connectivity index (χ3v) is 6.68. The van der Waals surface area contributed by atoms with Crippen LogP contribution >= 0.6 is 11.3 Å². The van der Waals surface area contributed by atoms with E-state index in [0.717, 1.165) is 49.9 Å². The van der Waals surface area contributed by atoms with E-state index in [4.69, 9.17) is 4.74 Å². The number of para-hydroxylation sites is 1. The van der Waals surface area contributed by atoms with Crippen LogP contribution in [0.1, 0.15) is 52.5 Å². The van der Waals surface area contributed by atoms with Crippen molar-refractivity contribution in [1.29, 1.82) is 0 Å². The standard InChI is InChI=1S/C22H26N2O3S/c1-2-27-22(26)20-16-9-4-3-5-11-18(16)28-21(20)23-19(25)14-24-13-12-15-8-6-7-10-17(15)24/h6-8,10H,2-5,9,11-14H2,1H3,(H,23,25). The van der Waals surface area contributed by atoms with Gasteiger partial charge in [0.15, 0.2) is 0 Å². The fourth-order valence-electron chi connectivity index (χ4n) is 4.16. The fourth-order valence-corrected chi connectivity index (χ4v) is 5.45. The number of esters is 1. The van der Waals surface area contributed by atoms with Crippen molar-refractivity contribution in [3.8, 4) is 0 Å². The lowest BCUT2D eigenvalue weighted by Gasteiger charge is -2.18. The fraction of sp³-hybridized carbons (Fsp3) is 0.455. The Labute approximate surface area is 169 Å². The van der Waals surface area contributed by atoms with Gasteiger partial charge < -0.3 is 15.0 Å². The monoisotopic (exact) mass is 398 g/mol. The summed E-state index contributed by atoms with van der Waals surface area (Å²) in [5, 5.41) is 3.68. The van der Waals surface area contributed by atoms with Crippen molar-refractivity contribution in [2.75, 3.05) is 29.9 Å². The number of aryl methyl sites for hydroxylation is 1. The topological polar surface area (TPSA) is 58.6 Å². The molecule has 5 nitrogen and oxygen atoms in total. The molecule has 1 N–H and O–H groups in total. The van der Waals surface area contributed by atoms with E-state index in [9.17, 15) is 9.59 Å². The van der Waals surface area contributed by atoms with Crippen LogP contribution in [0.5, 0.6) is 0 Å². The molecule has 1 aliphatic carbocycles. The third kappa shape index (κ3) is 3.78. The number of hydrogen-bond acceptors (Lipinski definition) is 5. The second-order valence-electron chi connectivity index (χ2n) is 7.34. The van der Waals surface area contributed by atoms with Crippen molar-refractivity contribution in [3.63, 3.8) is 0 Å². The molecule has 6 heteroatoms. The highest BCUT2D eigenvalue weighted by Gasteiger charge is 2.27. The predicted octanol–water partition coefficient (Wildman–Crippen LogP) is 4.19. The molecule has 1 aliphatic heterocycles. The number of nitrogens with one attached hydrogen (secondary N) is 1. The number of anilines is 2. The number of benzene rings is 1. The van der Waals surface area contributed by atoms with Crippen LogP contribution in [0.15, 0.2) is 24.3 Å². The zero-order chi connectivity index (χ0) is 19.5. The first kappa shape index (κ1) is 19.0. The number of nitrogens with zero attached hydrogens (tertiary/aromatic N) is 1.